The summed E-state index contributed by atoms with van der Waals surface area (Å²) in [5, 5.41) is 3.71. The molecule has 0 radical (unpaired) electrons. The normalized spacial score (nSPS) is 12.2. The molecule has 0 bridgehead atoms. The number of rotatable bonds is 1. The quantitative estimate of drug-likeness (QED) is 0.679. The average Bonchev–Trinajstić information content (AvgIpc) is 2.96. The fourth-order valence-electron chi connectivity index (χ4n) is 1.86. The number of halogens is 3. The summed E-state index contributed by atoms with van der Waals surface area (Å²) in [5.41, 5.74) is -0.184. The van der Waals surface area contributed by atoms with Crippen molar-refractivity contribution in [1.29, 1.82) is 0 Å². The molecular weight excluding hydrogens is 259 g/mol. The van der Waals surface area contributed by atoms with E-state index in [-0.39, 0.29) is 5.65 Å². The van der Waals surface area contributed by atoms with Gasteiger partial charge in [-0.25, -0.2) is 9.50 Å². The minimum Gasteiger partial charge on any atom is -0.463 e. The molecule has 0 aliphatic rings. The summed E-state index contributed by atoms with van der Waals surface area (Å²) < 4.78 is 44.8. The van der Waals surface area contributed by atoms with Crippen molar-refractivity contribution in [2.24, 2.45) is 0 Å². The summed E-state index contributed by atoms with van der Waals surface area (Å²) in [6.45, 7) is 1.66. The highest BCUT2D eigenvalue weighted by Gasteiger charge is 2.35. The highest BCUT2D eigenvalue weighted by molar-refractivity contribution is 5.59. The van der Waals surface area contributed by atoms with Crippen LogP contribution in [0, 0.1) is 6.92 Å². The summed E-state index contributed by atoms with van der Waals surface area (Å²) >= 11 is 0. The standard InChI is InChI=1S/C12H8F3N3O/c1-7-5-9(10-3-2-4-19-10)17-11-8(12(13,14)15)6-16-18(7)11/h2-6H,1H3. The third-order valence-corrected chi connectivity index (χ3v) is 2.73. The number of furan rings is 1. The Morgan fingerprint density at radius 2 is 2.11 bits per heavy atom. The van der Waals surface area contributed by atoms with Crippen molar-refractivity contribution < 1.29 is 17.6 Å². The maximum Gasteiger partial charge on any atom is 0.421 e. The molecule has 4 nitrogen and oxygen atoms in total. The van der Waals surface area contributed by atoms with Crippen molar-refractivity contribution in [3.8, 4) is 11.5 Å². The van der Waals surface area contributed by atoms with Crippen molar-refractivity contribution in [2.45, 2.75) is 13.1 Å². The first-order valence-electron chi connectivity index (χ1n) is 5.43. The van der Waals surface area contributed by atoms with Crippen LogP contribution in [-0.2, 0) is 6.18 Å². The third-order valence-electron chi connectivity index (χ3n) is 2.73. The zero-order chi connectivity index (χ0) is 13.6. The number of fused-ring (bicyclic) bond motifs is 1. The first-order chi connectivity index (χ1) is 8.97. The van der Waals surface area contributed by atoms with E-state index in [0.29, 0.717) is 17.1 Å². The van der Waals surface area contributed by atoms with Gasteiger partial charge in [0.2, 0.25) is 0 Å². The third kappa shape index (κ3) is 1.87. The molecule has 3 heterocycles. The van der Waals surface area contributed by atoms with Crippen molar-refractivity contribution >= 4 is 5.65 Å². The molecule has 19 heavy (non-hydrogen) atoms. The van der Waals surface area contributed by atoms with E-state index in [9.17, 15) is 13.2 Å². The molecule has 0 aliphatic heterocycles. The molecule has 98 valence electrons. The van der Waals surface area contributed by atoms with Gasteiger partial charge in [0, 0.05) is 5.69 Å². The molecule has 0 N–H and O–H groups in total. The molecule has 0 atom stereocenters. The van der Waals surface area contributed by atoms with Crippen LogP contribution in [0.5, 0.6) is 0 Å². The predicted molar refractivity (Wildman–Crippen MR) is 60.4 cm³/mol. The number of aromatic nitrogens is 3. The minimum absolute atomic E-state index is 0.223. The van der Waals surface area contributed by atoms with Gasteiger partial charge in [0.05, 0.1) is 12.5 Å². The van der Waals surface area contributed by atoms with Gasteiger partial charge in [-0.1, -0.05) is 0 Å². The Labute approximate surface area is 105 Å². The molecule has 0 amide bonds. The van der Waals surface area contributed by atoms with E-state index in [1.807, 2.05) is 0 Å². The van der Waals surface area contributed by atoms with Crippen LogP contribution in [-0.4, -0.2) is 14.6 Å². The smallest absolute Gasteiger partial charge is 0.421 e. The van der Waals surface area contributed by atoms with Crippen molar-refractivity contribution in [3.05, 3.63) is 41.9 Å². The molecule has 0 aliphatic carbocycles. The van der Waals surface area contributed by atoms with E-state index in [1.165, 1.54) is 6.26 Å². The lowest BCUT2D eigenvalue weighted by atomic mass is 10.2. The molecule has 3 aromatic heterocycles. The Morgan fingerprint density at radius 3 is 2.74 bits per heavy atom. The molecule has 0 aromatic carbocycles. The number of alkyl halides is 3. The van der Waals surface area contributed by atoms with Gasteiger partial charge in [0.25, 0.3) is 0 Å². The predicted octanol–water partition coefficient (Wildman–Crippen LogP) is 3.32. The van der Waals surface area contributed by atoms with Crippen molar-refractivity contribution in [3.63, 3.8) is 0 Å². The fraction of sp³-hybridized carbons (Fsp3) is 0.167. The first-order valence-corrected chi connectivity index (χ1v) is 5.43. The van der Waals surface area contributed by atoms with Gasteiger partial charge < -0.3 is 4.42 Å². The van der Waals surface area contributed by atoms with Crippen LogP contribution >= 0.6 is 0 Å². The number of aryl methyl sites for hydroxylation is 1. The Balaban J connectivity index is 2.29. The van der Waals surface area contributed by atoms with Crippen molar-refractivity contribution in [1.82, 2.24) is 14.6 Å². The summed E-state index contributed by atoms with van der Waals surface area (Å²) in [6.07, 6.45) is -2.26. The molecule has 0 saturated carbocycles. The monoisotopic (exact) mass is 267 g/mol. The Hall–Kier alpha value is -2.31. The van der Waals surface area contributed by atoms with Gasteiger partial charge in [-0.3, -0.25) is 0 Å². The van der Waals surface area contributed by atoms with Gasteiger partial charge >= 0.3 is 6.18 Å². The second kappa shape index (κ2) is 3.84. The van der Waals surface area contributed by atoms with E-state index in [2.05, 4.69) is 10.1 Å². The van der Waals surface area contributed by atoms with Gasteiger partial charge in [0.15, 0.2) is 11.4 Å². The van der Waals surface area contributed by atoms with Gasteiger partial charge in [0.1, 0.15) is 11.3 Å². The van der Waals surface area contributed by atoms with E-state index in [0.717, 1.165) is 10.7 Å². The average molecular weight is 267 g/mol. The first kappa shape index (κ1) is 11.8. The van der Waals surface area contributed by atoms with Gasteiger partial charge in [-0.15, -0.1) is 0 Å². The Bertz CT molecular complexity index is 729. The van der Waals surface area contributed by atoms with Gasteiger partial charge in [-0.2, -0.15) is 18.3 Å². The number of hydrogen-bond acceptors (Lipinski definition) is 3. The lowest BCUT2D eigenvalue weighted by Gasteiger charge is -2.06. The lowest BCUT2D eigenvalue weighted by Crippen LogP contribution is -2.06. The van der Waals surface area contributed by atoms with Crippen LogP contribution < -0.4 is 0 Å². The summed E-state index contributed by atoms with van der Waals surface area (Å²) in [4.78, 5) is 3.99. The Morgan fingerprint density at radius 1 is 1.32 bits per heavy atom. The molecule has 7 heteroatoms. The SMILES string of the molecule is Cc1cc(-c2ccco2)nc2c(C(F)(F)F)cnn12. The fourth-order valence-corrected chi connectivity index (χ4v) is 1.86. The van der Waals surface area contributed by atoms with Crippen LogP contribution in [0.3, 0.4) is 0 Å². The highest BCUT2D eigenvalue weighted by Crippen LogP contribution is 2.32. The molecule has 0 fully saturated rings. The zero-order valence-electron chi connectivity index (χ0n) is 9.77. The molecule has 3 aromatic rings. The van der Waals surface area contributed by atoms with E-state index in [1.54, 1.807) is 25.1 Å². The maximum absolute atomic E-state index is 12.8. The van der Waals surface area contributed by atoms with E-state index >= 15 is 0 Å². The zero-order valence-corrected chi connectivity index (χ0v) is 9.77. The number of nitrogens with zero attached hydrogens (tertiary/aromatic N) is 3. The van der Waals surface area contributed by atoms with Crippen LogP contribution in [0.4, 0.5) is 13.2 Å². The molecular formula is C12H8F3N3O. The van der Waals surface area contributed by atoms with E-state index < -0.39 is 11.7 Å². The van der Waals surface area contributed by atoms with E-state index in [4.69, 9.17) is 4.42 Å². The molecule has 0 spiro atoms. The lowest BCUT2D eigenvalue weighted by molar-refractivity contribution is -0.136. The van der Waals surface area contributed by atoms with Crippen LogP contribution in [0.2, 0.25) is 0 Å². The van der Waals surface area contributed by atoms with Crippen LogP contribution in [0.15, 0.2) is 35.1 Å². The highest BCUT2D eigenvalue weighted by atomic mass is 19.4. The molecule has 0 unspecified atom stereocenters. The second-order valence-electron chi connectivity index (χ2n) is 4.05. The Kier molecular flexibility index (Phi) is 2.38. The number of hydrogen-bond donors (Lipinski definition) is 0. The summed E-state index contributed by atoms with van der Waals surface area (Å²) in [6, 6.07) is 4.92. The maximum atomic E-state index is 12.8. The largest absolute Gasteiger partial charge is 0.463 e. The topological polar surface area (TPSA) is 43.3 Å². The van der Waals surface area contributed by atoms with Gasteiger partial charge in [-0.05, 0) is 25.1 Å². The van der Waals surface area contributed by atoms with Crippen molar-refractivity contribution in [2.75, 3.05) is 0 Å². The summed E-state index contributed by atoms with van der Waals surface area (Å²) in [7, 11) is 0. The summed E-state index contributed by atoms with van der Waals surface area (Å²) in [5.74, 6) is 0.417. The molecule has 0 saturated heterocycles. The van der Waals surface area contributed by atoms with Crippen LogP contribution in [0.1, 0.15) is 11.3 Å². The minimum atomic E-state index is -4.48. The van der Waals surface area contributed by atoms with Crippen LogP contribution in [0.25, 0.3) is 17.1 Å². The molecule has 3 rings (SSSR count). The second-order valence-corrected chi connectivity index (χ2v) is 4.05.